The molecule has 0 aliphatic carbocycles. The van der Waals surface area contributed by atoms with Gasteiger partial charge in [0, 0.05) is 37.2 Å². The molecule has 0 saturated heterocycles. The van der Waals surface area contributed by atoms with Crippen molar-refractivity contribution < 1.29 is 14.6 Å². The van der Waals surface area contributed by atoms with E-state index in [1.807, 2.05) is 22.9 Å². The summed E-state index contributed by atoms with van der Waals surface area (Å²) in [6, 6.07) is 10.8. The number of rotatable bonds is 9. The topological polar surface area (TPSA) is 131 Å². The highest BCUT2D eigenvalue weighted by Gasteiger charge is 2.26. The van der Waals surface area contributed by atoms with Crippen LogP contribution in [0, 0.1) is 5.41 Å². The summed E-state index contributed by atoms with van der Waals surface area (Å²) < 4.78 is 9.55. The second-order valence-corrected chi connectivity index (χ2v) is 9.47. The van der Waals surface area contributed by atoms with E-state index >= 15 is 0 Å². The van der Waals surface area contributed by atoms with Gasteiger partial charge < -0.3 is 25.0 Å². The molecule has 11 nitrogen and oxygen atoms in total. The molecule has 12 heteroatoms. The van der Waals surface area contributed by atoms with E-state index in [1.165, 1.54) is 12.7 Å². The lowest BCUT2D eigenvalue weighted by atomic mass is 9.94. The molecule has 0 aliphatic heterocycles. The number of pyridine rings is 1. The predicted octanol–water partition coefficient (Wildman–Crippen LogP) is 3.80. The van der Waals surface area contributed by atoms with Crippen LogP contribution in [-0.4, -0.2) is 53.3 Å². The number of halogens is 1. The molecule has 190 valence electrons. The molecule has 4 heterocycles. The summed E-state index contributed by atoms with van der Waals surface area (Å²) in [5.41, 5.74) is 2.09. The molecule has 5 aromatic rings. The Kier molecular flexibility index (Phi) is 6.64. The number of nitrogens with one attached hydrogen (secondary N) is 2. The first-order chi connectivity index (χ1) is 17.8. The van der Waals surface area contributed by atoms with Crippen molar-refractivity contribution in [1.82, 2.24) is 34.4 Å². The third-order valence-electron chi connectivity index (χ3n) is 5.87. The van der Waals surface area contributed by atoms with E-state index in [9.17, 15) is 9.90 Å². The average Bonchev–Trinajstić information content (AvgIpc) is 3.53. The van der Waals surface area contributed by atoms with E-state index in [4.69, 9.17) is 16.3 Å². The van der Waals surface area contributed by atoms with Gasteiger partial charge in [0.2, 0.25) is 5.91 Å². The highest BCUT2D eigenvalue weighted by atomic mass is 35.5. The first-order valence-electron chi connectivity index (χ1n) is 11.6. The van der Waals surface area contributed by atoms with Crippen molar-refractivity contribution in [3.05, 3.63) is 66.5 Å². The number of hydrogen-bond donors (Lipinski definition) is 3. The molecule has 5 rings (SSSR count). The molecule has 0 radical (unpaired) electrons. The normalized spacial score (nSPS) is 11.7. The summed E-state index contributed by atoms with van der Waals surface area (Å²) in [5, 5.41) is 20.1. The number of anilines is 2. The van der Waals surface area contributed by atoms with Crippen molar-refractivity contribution in [3.8, 4) is 11.5 Å². The van der Waals surface area contributed by atoms with Gasteiger partial charge in [-0.2, -0.15) is 5.10 Å². The van der Waals surface area contributed by atoms with Gasteiger partial charge in [-0.25, -0.2) is 19.5 Å². The molecule has 0 aliphatic rings. The third kappa shape index (κ3) is 5.18. The molecular weight excluding hydrogens is 496 g/mol. The molecule has 1 aromatic carbocycles. The van der Waals surface area contributed by atoms with Gasteiger partial charge >= 0.3 is 0 Å². The smallest absolute Gasteiger partial charge is 0.228 e. The minimum Gasteiger partial charge on any atom is -0.456 e. The molecule has 1 amide bonds. The fourth-order valence-corrected chi connectivity index (χ4v) is 3.92. The molecule has 0 fully saturated rings. The second kappa shape index (κ2) is 10.0. The lowest BCUT2D eigenvalue weighted by Crippen LogP contribution is -2.40. The molecule has 0 spiro atoms. The molecule has 3 N–H and O–H groups in total. The zero-order valence-electron chi connectivity index (χ0n) is 20.2. The lowest BCUT2D eigenvalue weighted by molar-refractivity contribution is -0.131. The van der Waals surface area contributed by atoms with E-state index in [0.29, 0.717) is 41.1 Å². The maximum atomic E-state index is 12.3. The van der Waals surface area contributed by atoms with Gasteiger partial charge in [-0.3, -0.25) is 4.79 Å². The first-order valence-corrected chi connectivity index (χ1v) is 11.9. The molecule has 0 unspecified atom stereocenters. The molecular formula is C25H25ClN8O3. The predicted molar refractivity (Wildman–Crippen MR) is 139 cm³/mol. The van der Waals surface area contributed by atoms with E-state index in [0.717, 1.165) is 16.7 Å². The van der Waals surface area contributed by atoms with Crippen LogP contribution in [0.25, 0.3) is 16.7 Å². The summed E-state index contributed by atoms with van der Waals surface area (Å²) >= 11 is 6.52. The van der Waals surface area contributed by atoms with Gasteiger partial charge in [0.1, 0.15) is 29.7 Å². The number of nitrogens with zero attached hydrogens (tertiary/aromatic N) is 6. The fourth-order valence-electron chi connectivity index (χ4n) is 3.70. The number of hydrogen-bond acceptors (Lipinski definition) is 8. The van der Waals surface area contributed by atoms with Gasteiger partial charge in [-0.05, 0) is 44.2 Å². The van der Waals surface area contributed by atoms with Gasteiger partial charge in [0.05, 0.1) is 22.6 Å². The number of amides is 1. The summed E-state index contributed by atoms with van der Waals surface area (Å²) in [7, 11) is 0. The fraction of sp³-hybridized carbons (Fsp3) is 0.240. The molecule has 4 aromatic heterocycles. The Morgan fingerprint density at radius 2 is 1.97 bits per heavy atom. The Hall–Kier alpha value is -4.22. The number of aliphatic hydroxyl groups is 1. The zero-order chi connectivity index (χ0) is 26.0. The van der Waals surface area contributed by atoms with Crippen LogP contribution in [0.15, 0.2) is 61.4 Å². The van der Waals surface area contributed by atoms with Crippen molar-refractivity contribution in [1.29, 1.82) is 0 Å². The highest BCUT2D eigenvalue weighted by molar-refractivity contribution is 6.32. The zero-order valence-corrected chi connectivity index (χ0v) is 21.0. The van der Waals surface area contributed by atoms with Crippen molar-refractivity contribution in [2.45, 2.75) is 20.4 Å². The minimum atomic E-state index is -0.840. The standard InChI is InChI=1S/C25H25ClN8O3/c1-25(2,13-35)24(36)27-7-10-33-8-6-19-22(33)23(30-14-28-19)32-16-3-4-20(18(26)11-16)37-17-5-9-34-21(12-17)29-15-31-34/h3-6,8-9,11-12,14-15,35H,7,10,13H2,1-2H3,(H,27,36)(H,28,30,32). The Bertz CT molecular complexity index is 1580. The van der Waals surface area contributed by atoms with E-state index in [1.54, 1.807) is 48.8 Å². The van der Waals surface area contributed by atoms with Crippen LogP contribution in [0.1, 0.15) is 13.8 Å². The van der Waals surface area contributed by atoms with Crippen LogP contribution in [0.5, 0.6) is 11.5 Å². The summed E-state index contributed by atoms with van der Waals surface area (Å²) in [6.45, 7) is 4.05. The van der Waals surface area contributed by atoms with Crippen LogP contribution in [0.2, 0.25) is 5.02 Å². The van der Waals surface area contributed by atoms with Crippen LogP contribution in [0.3, 0.4) is 0 Å². The van der Waals surface area contributed by atoms with Gasteiger partial charge in [0.15, 0.2) is 11.5 Å². The number of carbonyl (C=O) groups is 1. The molecule has 37 heavy (non-hydrogen) atoms. The van der Waals surface area contributed by atoms with Crippen molar-refractivity contribution in [2.24, 2.45) is 5.41 Å². The van der Waals surface area contributed by atoms with Gasteiger partial charge in [-0.1, -0.05) is 11.6 Å². The Balaban J connectivity index is 1.31. The van der Waals surface area contributed by atoms with E-state index in [-0.39, 0.29) is 12.5 Å². The lowest BCUT2D eigenvalue weighted by Gasteiger charge is -2.20. The van der Waals surface area contributed by atoms with Crippen LogP contribution < -0.4 is 15.4 Å². The molecule has 0 bridgehead atoms. The third-order valence-corrected chi connectivity index (χ3v) is 6.17. The van der Waals surface area contributed by atoms with E-state index in [2.05, 4.69) is 30.7 Å². The SMILES string of the molecule is CC(C)(CO)C(=O)NCCn1ccc2ncnc(Nc3ccc(Oc4ccn5ncnc5c4)c(Cl)c3)c21. The summed E-state index contributed by atoms with van der Waals surface area (Å²) in [6.07, 6.45) is 6.61. The van der Waals surface area contributed by atoms with Crippen LogP contribution >= 0.6 is 11.6 Å². The van der Waals surface area contributed by atoms with Crippen molar-refractivity contribution in [2.75, 3.05) is 18.5 Å². The summed E-state index contributed by atoms with van der Waals surface area (Å²) in [5.74, 6) is 1.47. The molecule has 0 saturated carbocycles. The molecule has 0 atom stereocenters. The van der Waals surface area contributed by atoms with Crippen LogP contribution in [-0.2, 0) is 11.3 Å². The van der Waals surface area contributed by atoms with Crippen LogP contribution in [0.4, 0.5) is 11.5 Å². The number of aliphatic hydroxyl groups excluding tert-OH is 1. The number of aromatic nitrogens is 6. The van der Waals surface area contributed by atoms with Crippen molar-refractivity contribution >= 4 is 45.7 Å². The van der Waals surface area contributed by atoms with E-state index < -0.39 is 5.41 Å². The quantitative estimate of drug-likeness (QED) is 0.267. The highest BCUT2D eigenvalue weighted by Crippen LogP contribution is 2.33. The summed E-state index contributed by atoms with van der Waals surface area (Å²) in [4.78, 5) is 25.2. The van der Waals surface area contributed by atoms with Gasteiger partial charge in [-0.15, -0.1) is 0 Å². The monoisotopic (exact) mass is 520 g/mol. The Morgan fingerprint density at radius 3 is 2.78 bits per heavy atom. The number of fused-ring (bicyclic) bond motifs is 2. The average molecular weight is 521 g/mol. The first kappa shape index (κ1) is 24.5. The number of carbonyl (C=O) groups excluding carboxylic acids is 1. The second-order valence-electron chi connectivity index (χ2n) is 9.06. The maximum Gasteiger partial charge on any atom is 0.228 e. The Labute approximate surface area is 217 Å². The number of benzene rings is 1. The minimum absolute atomic E-state index is 0.209. The Morgan fingerprint density at radius 1 is 1.11 bits per heavy atom. The largest absolute Gasteiger partial charge is 0.456 e. The van der Waals surface area contributed by atoms with Gasteiger partial charge in [0.25, 0.3) is 0 Å². The number of ether oxygens (including phenoxy) is 1. The maximum absolute atomic E-state index is 12.3. The van der Waals surface area contributed by atoms with Crippen molar-refractivity contribution in [3.63, 3.8) is 0 Å².